The van der Waals surface area contributed by atoms with Crippen LogP contribution in [-0.4, -0.2) is 5.91 Å². The van der Waals surface area contributed by atoms with Crippen LogP contribution in [0, 0.1) is 12.7 Å². The molecule has 0 aliphatic rings. The summed E-state index contributed by atoms with van der Waals surface area (Å²) in [7, 11) is 0. The normalized spacial score (nSPS) is 10.4. The van der Waals surface area contributed by atoms with Gasteiger partial charge in [0.2, 0.25) is 0 Å². The Labute approximate surface area is 132 Å². The number of hydrogen-bond acceptors (Lipinski definition) is 2. The lowest BCUT2D eigenvalue weighted by Crippen LogP contribution is -2.14. The van der Waals surface area contributed by atoms with Gasteiger partial charge in [-0.2, -0.15) is 0 Å². The molecule has 20 heavy (non-hydrogen) atoms. The summed E-state index contributed by atoms with van der Waals surface area (Å²) in [5.41, 5.74) is 7.77. The van der Waals surface area contributed by atoms with Crippen molar-refractivity contribution in [2.45, 2.75) is 6.92 Å². The Morgan fingerprint density at radius 3 is 2.70 bits per heavy atom. The number of anilines is 2. The van der Waals surface area contributed by atoms with E-state index >= 15 is 0 Å². The first-order chi connectivity index (χ1) is 9.40. The fourth-order valence-electron chi connectivity index (χ4n) is 1.70. The molecule has 0 radical (unpaired) electrons. The highest BCUT2D eigenvalue weighted by Gasteiger charge is 2.14. The number of halogens is 3. The van der Waals surface area contributed by atoms with Crippen LogP contribution in [0.4, 0.5) is 15.8 Å². The number of nitrogens with one attached hydrogen (secondary N) is 1. The quantitative estimate of drug-likeness (QED) is 0.728. The molecule has 0 aromatic heterocycles. The molecule has 0 fully saturated rings. The molecule has 2 aromatic rings. The van der Waals surface area contributed by atoms with Crippen molar-refractivity contribution >= 4 is 49.1 Å². The summed E-state index contributed by atoms with van der Waals surface area (Å²) in [5.74, 6) is -0.786. The summed E-state index contributed by atoms with van der Waals surface area (Å²) in [6.07, 6.45) is 0. The van der Waals surface area contributed by atoms with Gasteiger partial charge in [0, 0.05) is 11.4 Å². The second-order valence-electron chi connectivity index (χ2n) is 4.24. The van der Waals surface area contributed by atoms with E-state index in [0.717, 1.165) is 5.56 Å². The van der Waals surface area contributed by atoms with Gasteiger partial charge in [0.1, 0.15) is 5.82 Å². The van der Waals surface area contributed by atoms with E-state index in [9.17, 15) is 9.18 Å². The van der Waals surface area contributed by atoms with Gasteiger partial charge in [-0.15, -0.1) is 0 Å². The molecule has 0 saturated heterocycles. The summed E-state index contributed by atoms with van der Waals surface area (Å²) in [5, 5.41) is 2.68. The minimum absolute atomic E-state index is 0.353. The first kappa shape index (κ1) is 15.0. The zero-order valence-electron chi connectivity index (χ0n) is 10.5. The number of nitrogen functional groups attached to an aromatic ring is 1. The van der Waals surface area contributed by atoms with Crippen molar-refractivity contribution in [3.8, 4) is 0 Å². The molecule has 3 N–H and O–H groups in total. The average molecular weight is 402 g/mol. The van der Waals surface area contributed by atoms with E-state index in [1.54, 1.807) is 31.2 Å². The minimum Gasteiger partial charge on any atom is -0.398 e. The Balaban J connectivity index is 2.33. The summed E-state index contributed by atoms with van der Waals surface area (Å²) in [4.78, 5) is 12.2. The van der Waals surface area contributed by atoms with Crippen molar-refractivity contribution in [1.29, 1.82) is 0 Å². The molecule has 1 amide bonds. The van der Waals surface area contributed by atoms with Crippen LogP contribution in [0.5, 0.6) is 0 Å². The fraction of sp³-hybridized carbons (Fsp3) is 0.0714. The standard InChI is InChI=1S/C14H11Br2FN2O/c1-7-5-9(15)10(17)6-12(7)19-14(20)8-3-2-4-11(18)13(8)16/h2-6H,18H2,1H3,(H,19,20). The van der Waals surface area contributed by atoms with Gasteiger partial charge in [-0.25, -0.2) is 4.39 Å². The van der Waals surface area contributed by atoms with Crippen LogP contribution in [0.1, 0.15) is 15.9 Å². The predicted molar refractivity (Wildman–Crippen MR) is 85.3 cm³/mol. The van der Waals surface area contributed by atoms with Crippen LogP contribution in [0.3, 0.4) is 0 Å². The van der Waals surface area contributed by atoms with Gasteiger partial charge in [-0.3, -0.25) is 4.79 Å². The van der Waals surface area contributed by atoms with Gasteiger partial charge in [-0.05, 0) is 68.6 Å². The molecule has 3 nitrogen and oxygen atoms in total. The number of carbonyl (C=O) groups is 1. The first-order valence-electron chi connectivity index (χ1n) is 5.71. The third-order valence-electron chi connectivity index (χ3n) is 2.79. The molecule has 0 saturated carbocycles. The predicted octanol–water partition coefficient (Wildman–Crippen LogP) is 4.49. The van der Waals surface area contributed by atoms with Crippen molar-refractivity contribution in [1.82, 2.24) is 0 Å². The second-order valence-corrected chi connectivity index (χ2v) is 5.89. The molecule has 0 aliphatic carbocycles. The summed E-state index contributed by atoms with van der Waals surface area (Å²) < 4.78 is 14.4. The first-order valence-corrected chi connectivity index (χ1v) is 7.29. The maximum absolute atomic E-state index is 13.5. The molecule has 104 valence electrons. The van der Waals surface area contributed by atoms with Gasteiger partial charge >= 0.3 is 0 Å². The average Bonchev–Trinajstić information content (AvgIpc) is 2.39. The van der Waals surface area contributed by atoms with Crippen LogP contribution < -0.4 is 11.1 Å². The molecule has 0 heterocycles. The number of benzene rings is 2. The van der Waals surface area contributed by atoms with E-state index in [1.807, 2.05) is 0 Å². The van der Waals surface area contributed by atoms with Gasteiger partial charge < -0.3 is 11.1 Å². The van der Waals surface area contributed by atoms with Crippen molar-refractivity contribution in [3.63, 3.8) is 0 Å². The Morgan fingerprint density at radius 2 is 2.00 bits per heavy atom. The Morgan fingerprint density at radius 1 is 1.30 bits per heavy atom. The number of hydrogen-bond donors (Lipinski definition) is 2. The summed E-state index contributed by atoms with van der Waals surface area (Å²) in [6.45, 7) is 1.79. The monoisotopic (exact) mass is 400 g/mol. The third-order valence-corrected chi connectivity index (χ3v) is 4.28. The highest BCUT2D eigenvalue weighted by atomic mass is 79.9. The van der Waals surface area contributed by atoms with E-state index in [-0.39, 0.29) is 5.91 Å². The van der Waals surface area contributed by atoms with Gasteiger partial charge in [-0.1, -0.05) is 6.07 Å². The Bertz CT molecular complexity index is 689. The number of rotatable bonds is 2. The van der Waals surface area contributed by atoms with E-state index in [2.05, 4.69) is 37.2 Å². The highest BCUT2D eigenvalue weighted by Crippen LogP contribution is 2.27. The lowest BCUT2D eigenvalue weighted by Gasteiger charge is -2.11. The lowest BCUT2D eigenvalue weighted by molar-refractivity contribution is 0.102. The smallest absolute Gasteiger partial charge is 0.256 e. The van der Waals surface area contributed by atoms with Crippen LogP contribution in [0.25, 0.3) is 0 Å². The molecule has 6 heteroatoms. The molecular weight excluding hydrogens is 391 g/mol. The summed E-state index contributed by atoms with van der Waals surface area (Å²) >= 11 is 6.37. The van der Waals surface area contributed by atoms with Crippen LogP contribution in [0.15, 0.2) is 39.3 Å². The van der Waals surface area contributed by atoms with E-state index in [1.165, 1.54) is 6.07 Å². The van der Waals surface area contributed by atoms with Crippen molar-refractivity contribution in [2.24, 2.45) is 0 Å². The van der Waals surface area contributed by atoms with E-state index < -0.39 is 5.82 Å². The molecule has 0 unspecified atom stereocenters. The van der Waals surface area contributed by atoms with E-state index in [0.29, 0.717) is 25.9 Å². The van der Waals surface area contributed by atoms with Crippen LogP contribution in [-0.2, 0) is 0 Å². The molecule has 0 spiro atoms. The zero-order chi connectivity index (χ0) is 14.9. The van der Waals surface area contributed by atoms with Crippen molar-refractivity contribution in [3.05, 3.63) is 56.2 Å². The molecule has 0 aliphatic heterocycles. The highest BCUT2D eigenvalue weighted by molar-refractivity contribution is 9.11. The topological polar surface area (TPSA) is 55.1 Å². The summed E-state index contributed by atoms with van der Waals surface area (Å²) in [6, 6.07) is 7.90. The largest absolute Gasteiger partial charge is 0.398 e. The molecule has 0 atom stereocenters. The Hall–Kier alpha value is -1.40. The van der Waals surface area contributed by atoms with Gasteiger partial charge in [0.05, 0.1) is 14.5 Å². The van der Waals surface area contributed by atoms with Crippen LogP contribution in [0.2, 0.25) is 0 Å². The molecular formula is C14H11Br2FN2O. The number of carbonyl (C=O) groups excluding carboxylic acids is 1. The maximum atomic E-state index is 13.5. The van der Waals surface area contributed by atoms with Crippen molar-refractivity contribution in [2.75, 3.05) is 11.1 Å². The Kier molecular flexibility index (Phi) is 4.45. The number of nitrogens with two attached hydrogens (primary N) is 1. The van der Waals surface area contributed by atoms with Gasteiger partial charge in [0.25, 0.3) is 5.91 Å². The SMILES string of the molecule is Cc1cc(Br)c(F)cc1NC(=O)c1cccc(N)c1Br. The molecule has 2 rings (SSSR count). The maximum Gasteiger partial charge on any atom is 0.256 e. The number of aryl methyl sites for hydroxylation is 1. The second kappa shape index (κ2) is 5.93. The van der Waals surface area contributed by atoms with Gasteiger partial charge in [0.15, 0.2) is 0 Å². The molecule has 2 aromatic carbocycles. The third kappa shape index (κ3) is 3.02. The zero-order valence-corrected chi connectivity index (χ0v) is 13.7. The van der Waals surface area contributed by atoms with Crippen molar-refractivity contribution < 1.29 is 9.18 Å². The fourth-order valence-corrected chi connectivity index (χ4v) is 2.60. The number of amides is 1. The minimum atomic E-state index is -0.433. The lowest BCUT2D eigenvalue weighted by atomic mass is 10.1. The molecule has 0 bridgehead atoms. The van der Waals surface area contributed by atoms with E-state index in [4.69, 9.17) is 5.73 Å². The van der Waals surface area contributed by atoms with Crippen LogP contribution >= 0.6 is 31.9 Å².